The van der Waals surface area contributed by atoms with Crippen LogP contribution in [0.1, 0.15) is 36.9 Å². The van der Waals surface area contributed by atoms with Gasteiger partial charge >= 0.3 is 0 Å². The molecule has 1 aromatic rings. The first-order valence-corrected chi connectivity index (χ1v) is 9.53. The van der Waals surface area contributed by atoms with Crippen molar-refractivity contribution in [2.45, 2.75) is 32.1 Å². The van der Waals surface area contributed by atoms with E-state index in [4.69, 9.17) is 5.73 Å². The fourth-order valence-electron chi connectivity index (χ4n) is 1.80. The van der Waals surface area contributed by atoms with Gasteiger partial charge in [-0.2, -0.15) is 0 Å². The number of nitrogens with one attached hydrogen (secondary N) is 2. The Hall–Kier alpha value is -1.28. The highest BCUT2D eigenvalue weighted by Crippen LogP contribution is 2.39. The largest absolute Gasteiger partial charge is 0.396 e. The van der Waals surface area contributed by atoms with Crippen LogP contribution in [-0.2, 0) is 9.84 Å². The Kier molecular flexibility index (Phi) is 6.03. The van der Waals surface area contributed by atoms with Crippen LogP contribution < -0.4 is 16.4 Å². The van der Waals surface area contributed by atoms with Crippen LogP contribution in [0.3, 0.4) is 0 Å². The predicted molar refractivity (Wildman–Crippen MR) is 87.8 cm³/mol. The normalized spacial score (nSPS) is 11.7. The van der Waals surface area contributed by atoms with Crippen LogP contribution >= 0.6 is 11.3 Å². The third-order valence-electron chi connectivity index (χ3n) is 2.82. The molecule has 0 aromatic carbocycles. The van der Waals surface area contributed by atoms with Gasteiger partial charge in [-0.25, -0.2) is 8.42 Å². The van der Waals surface area contributed by atoms with E-state index in [2.05, 4.69) is 24.5 Å². The van der Waals surface area contributed by atoms with E-state index >= 15 is 0 Å². The van der Waals surface area contributed by atoms with Gasteiger partial charge in [0.15, 0.2) is 9.84 Å². The highest BCUT2D eigenvalue weighted by molar-refractivity contribution is 7.91. The molecule has 0 radical (unpaired) electrons. The van der Waals surface area contributed by atoms with Crippen molar-refractivity contribution >= 4 is 37.8 Å². The Balaban J connectivity index is 3.16. The zero-order chi connectivity index (χ0) is 16.2. The van der Waals surface area contributed by atoms with Crippen molar-refractivity contribution in [1.82, 2.24) is 5.32 Å². The predicted octanol–water partition coefficient (Wildman–Crippen LogP) is 1.94. The van der Waals surface area contributed by atoms with Gasteiger partial charge in [0.1, 0.15) is 14.8 Å². The van der Waals surface area contributed by atoms with E-state index in [1.807, 2.05) is 0 Å². The number of carbonyl (C=O) groups is 1. The van der Waals surface area contributed by atoms with E-state index in [1.165, 1.54) is 0 Å². The summed E-state index contributed by atoms with van der Waals surface area (Å²) in [5, 5.41) is 6.17. The van der Waals surface area contributed by atoms with Crippen molar-refractivity contribution in [2.75, 3.05) is 30.4 Å². The number of sulfone groups is 1. The number of thiophene rings is 1. The lowest BCUT2D eigenvalue weighted by atomic mass is 10.1. The van der Waals surface area contributed by atoms with Crippen molar-refractivity contribution in [3.8, 4) is 0 Å². The lowest BCUT2D eigenvalue weighted by Gasteiger charge is -2.08. The molecule has 1 heterocycles. The molecule has 6 nitrogen and oxygen atoms in total. The van der Waals surface area contributed by atoms with Gasteiger partial charge in [0.2, 0.25) is 0 Å². The Morgan fingerprint density at radius 3 is 2.48 bits per heavy atom. The van der Waals surface area contributed by atoms with Gasteiger partial charge < -0.3 is 16.4 Å². The summed E-state index contributed by atoms with van der Waals surface area (Å²) in [6.07, 6.45) is 2.00. The van der Waals surface area contributed by atoms with Crippen LogP contribution in [0, 0.1) is 5.92 Å². The second kappa shape index (κ2) is 7.13. The zero-order valence-electron chi connectivity index (χ0n) is 12.8. The quantitative estimate of drug-likeness (QED) is 0.708. The van der Waals surface area contributed by atoms with Crippen molar-refractivity contribution in [2.24, 2.45) is 5.92 Å². The molecule has 1 aromatic heterocycles. The first kappa shape index (κ1) is 17.8. The van der Waals surface area contributed by atoms with Gasteiger partial charge in [-0.3, -0.25) is 4.79 Å². The summed E-state index contributed by atoms with van der Waals surface area (Å²) in [5.41, 5.74) is 5.91. The molecular formula is C13H23N3O3S2. The first-order valence-electron chi connectivity index (χ1n) is 6.82. The van der Waals surface area contributed by atoms with Crippen molar-refractivity contribution in [1.29, 1.82) is 0 Å². The molecule has 0 unspecified atom stereocenters. The molecule has 0 bridgehead atoms. The summed E-state index contributed by atoms with van der Waals surface area (Å²) < 4.78 is 23.8. The molecule has 1 rings (SSSR count). The van der Waals surface area contributed by atoms with Gasteiger partial charge in [0.05, 0.1) is 5.69 Å². The minimum atomic E-state index is -3.50. The molecule has 0 aliphatic heterocycles. The SMILES string of the molecule is CCNC(=O)c1sc(NCCC(C)C)c(S(C)(=O)=O)c1N. The van der Waals surface area contributed by atoms with E-state index in [1.54, 1.807) is 6.92 Å². The van der Waals surface area contributed by atoms with Gasteiger partial charge in [-0.05, 0) is 19.3 Å². The molecule has 1 amide bonds. The number of hydrogen-bond donors (Lipinski definition) is 3. The first-order chi connectivity index (χ1) is 9.68. The molecule has 120 valence electrons. The number of anilines is 2. The average Bonchev–Trinajstić information content (AvgIpc) is 2.65. The number of carbonyl (C=O) groups excluding carboxylic acids is 1. The van der Waals surface area contributed by atoms with Gasteiger partial charge in [-0.15, -0.1) is 11.3 Å². The maximum atomic E-state index is 11.9. The molecule has 21 heavy (non-hydrogen) atoms. The third kappa shape index (κ3) is 4.60. The molecular weight excluding hydrogens is 310 g/mol. The summed E-state index contributed by atoms with van der Waals surface area (Å²) in [5.74, 6) is 0.154. The molecule has 8 heteroatoms. The summed E-state index contributed by atoms with van der Waals surface area (Å²) in [7, 11) is -3.50. The maximum Gasteiger partial charge on any atom is 0.263 e. The molecule has 0 spiro atoms. The summed E-state index contributed by atoms with van der Waals surface area (Å²) in [6, 6.07) is 0. The lowest BCUT2D eigenvalue weighted by molar-refractivity contribution is 0.0960. The Bertz CT molecular complexity index is 606. The molecule has 0 saturated carbocycles. The molecule has 4 N–H and O–H groups in total. The second-order valence-corrected chi connectivity index (χ2v) is 8.22. The van der Waals surface area contributed by atoms with Crippen LogP contribution in [-0.4, -0.2) is 33.7 Å². The molecule has 0 fully saturated rings. The smallest absolute Gasteiger partial charge is 0.263 e. The minimum Gasteiger partial charge on any atom is -0.396 e. The van der Waals surface area contributed by atoms with E-state index in [0.29, 0.717) is 24.0 Å². The van der Waals surface area contributed by atoms with Crippen molar-refractivity contribution in [3.05, 3.63) is 4.88 Å². The van der Waals surface area contributed by atoms with E-state index in [-0.39, 0.29) is 21.4 Å². The maximum absolute atomic E-state index is 11.9. The monoisotopic (exact) mass is 333 g/mol. The van der Waals surface area contributed by atoms with Crippen LogP contribution in [0.5, 0.6) is 0 Å². The molecule has 0 saturated heterocycles. The average molecular weight is 333 g/mol. The van der Waals surface area contributed by atoms with Gasteiger partial charge in [0, 0.05) is 19.3 Å². The van der Waals surface area contributed by atoms with Crippen LogP contribution in [0.15, 0.2) is 4.90 Å². The van der Waals surface area contributed by atoms with Crippen molar-refractivity contribution < 1.29 is 13.2 Å². The standard InChI is InChI=1S/C13H23N3O3S2/c1-5-15-12(17)10-9(14)11(21(4,18)19)13(20-10)16-7-6-8(2)3/h8,16H,5-7,14H2,1-4H3,(H,15,17). The fraction of sp³-hybridized carbons (Fsp3) is 0.615. The Morgan fingerprint density at radius 1 is 1.38 bits per heavy atom. The Morgan fingerprint density at radius 2 is 2.00 bits per heavy atom. The van der Waals surface area contributed by atoms with Gasteiger partial charge in [0.25, 0.3) is 5.91 Å². The molecule has 0 atom stereocenters. The van der Waals surface area contributed by atoms with Crippen molar-refractivity contribution in [3.63, 3.8) is 0 Å². The number of nitrogens with two attached hydrogens (primary N) is 1. The number of hydrogen-bond acceptors (Lipinski definition) is 6. The highest BCUT2D eigenvalue weighted by Gasteiger charge is 2.26. The topological polar surface area (TPSA) is 101 Å². The van der Waals surface area contributed by atoms with E-state index in [9.17, 15) is 13.2 Å². The molecule has 0 aliphatic rings. The zero-order valence-corrected chi connectivity index (χ0v) is 14.5. The van der Waals surface area contributed by atoms with Crippen LogP contribution in [0.4, 0.5) is 10.7 Å². The summed E-state index contributed by atoms with van der Waals surface area (Å²) in [4.78, 5) is 12.2. The van der Waals surface area contributed by atoms with E-state index < -0.39 is 9.84 Å². The second-order valence-electron chi connectivity index (χ2n) is 5.24. The summed E-state index contributed by atoms with van der Waals surface area (Å²) >= 11 is 1.09. The fourth-order valence-corrected chi connectivity index (χ4v) is 4.31. The minimum absolute atomic E-state index is 0.0255. The Labute approximate surface area is 130 Å². The van der Waals surface area contributed by atoms with Crippen LogP contribution in [0.2, 0.25) is 0 Å². The number of amides is 1. The lowest BCUT2D eigenvalue weighted by Crippen LogP contribution is -2.22. The highest BCUT2D eigenvalue weighted by atomic mass is 32.2. The summed E-state index contributed by atoms with van der Waals surface area (Å²) in [6.45, 7) is 7.06. The molecule has 0 aliphatic carbocycles. The number of rotatable bonds is 7. The van der Waals surface area contributed by atoms with Gasteiger partial charge in [-0.1, -0.05) is 13.8 Å². The third-order valence-corrected chi connectivity index (χ3v) is 5.28. The van der Waals surface area contributed by atoms with E-state index in [0.717, 1.165) is 24.0 Å². The van der Waals surface area contributed by atoms with Crippen LogP contribution in [0.25, 0.3) is 0 Å². The number of nitrogen functional groups attached to an aromatic ring is 1.